The van der Waals surface area contributed by atoms with Gasteiger partial charge in [-0.1, -0.05) is 15.9 Å². The smallest absolute Gasteiger partial charge is 0.133 e. The molecule has 2 aromatic rings. The van der Waals surface area contributed by atoms with E-state index >= 15 is 0 Å². The van der Waals surface area contributed by atoms with E-state index in [4.69, 9.17) is 4.74 Å². The van der Waals surface area contributed by atoms with Crippen LogP contribution in [0.25, 0.3) is 0 Å². The zero-order chi connectivity index (χ0) is 13.7. The first-order valence-electron chi connectivity index (χ1n) is 5.99. The highest BCUT2D eigenvalue weighted by atomic mass is 79.9. The lowest BCUT2D eigenvalue weighted by Gasteiger charge is -2.09. The predicted octanol–water partition coefficient (Wildman–Crippen LogP) is 4.75. The lowest BCUT2D eigenvalue weighted by atomic mass is 10.3. The van der Waals surface area contributed by atoms with Crippen molar-refractivity contribution in [1.82, 2.24) is 5.32 Å². The number of thiophene rings is 1. The van der Waals surface area contributed by atoms with Gasteiger partial charge < -0.3 is 10.1 Å². The highest BCUT2D eigenvalue weighted by Crippen LogP contribution is 2.27. The standard InChI is InChI=1S/C14H15Br2NOS/c1-10-2-4-12(19-10)9-17-6-7-18-14-5-3-11(15)8-13(14)16/h2-5,8,17H,6-7,9H2,1H3. The van der Waals surface area contributed by atoms with Crippen LogP contribution < -0.4 is 10.1 Å². The molecule has 0 amide bonds. The van der Waals surface area contributed by atoms with Crippen molar-refractivity contribution in [3.8, 4) is 5.75 Å². The number of aryl methyl sites for hydroxylation is 1. The van der Waals surface area contributed by atoms with Gasteiger partial charge in [-0.05, 0) is 53.2 Å². The average Bonchev–Trinajstić information content (AvgIpc) is 2.77. The van der Waals surface area contributed by atoms with Gasteiger partial charge in [-0.15, -0.1) is 11.3 Å². The summed E-state index contributed by atoms with van der Waals surface area (Å²) in [5, 5.41) is 3.38. The molecule has 0 aliphatic heterocycles. The number of hydrogen-bond donors (Lipinski definition) is 1. The molecule has 0 saturated carbocycles. The van der Waals surface area contributed by atoms with Gasteiger partial charge in [0.2, 0.25) is 0 Å². The third-order valence-corrected chi connectivity index (χ3v) is 4.64. The Morgan fingerprint density at radius 3 is 2.74 bits per heavy atom. The molecule has 0 saturated heterocycles. The van der Waals surface area contributed by atoms with Gasteiger partial charge in [0.25, 0.3) is 0 Å². The molecule has 0 radical (unpaired) electrons. The summed E-state index contributed by atoms with van der Waals surface area (Å²) in [7, 11) is 0. The SMILES string of the molecule is Cc1ccc(CNCCOc2ccc(Br)cc2Br)s1. The fraction of sp³-hybridized carbons (Fsp3) is 0.286. The van der Waals surface area contributed by atoms with E-state index in [2.05, 4.69) is 56.2 Å². The first-order valence-corrected chi connectivity index (χ1v) is 8.39. The van der Waals surface area contributed by atoms with E-state index in [9.17, 15) is 0 Å². The molecule has 0 unspecified atom stereocenters. The minimum atomic E-state index is 0.657. The number of ether oxygens (including phenoxy) is 1. The molecular formula is C14H15Br2NOS. The zero-order valence-corrected chi connectivity index (χ0v) is 14.6. The lowest BCUT2D eigenvalue weighted by Crippen LogP contribution is -2.20. The first kappa shape index (κ1) is 15.0. The van der Waals surface area contributed by atoms with Gasteiger partial charge in [0.1, 0.15) is 12.4 Å². The molecule has 0 bridgehead atoms. The summed E-state index contributed by atoms with van der Waals surface area (Å²) in [4.78, 5) is 2.72. The number of rotatable bonds is 6. The number of hydrogen-bond acceptors (Lipinski definition) is 3. The lowest BCUT2D eigenvalue weighted by molar-refractivity contribution is 0.312. The minimum absolute atomic E-state index is 0.657. The molecular weight excluding hydrogens is 390 g/mol. The Kier molecular flexibility index (Phi) is 5.88. The van der Waals surface area contributed by atoms with Crippen LogP contribution in [-0.2, 0) is 6.54 Å². The monoisotopic (exact) mass is 403 g/mol. The molecule has 0 aliphatic carbocycles. The second-order valence-electron chi connectivity index (χ2n) is 4.11. The molecule has 5 heteroatoms. The quantitative estimate of drug-likeness (QED) is 0.701. The van der Waals surface area contributed by atoms with Crippen LogP contribution in [0, 0.1) is 6.92 Å². The van der Waals surface area contributed by atoms with Gasteiger partial charge in [0, 0.05) is 27.3 Å². The van der Waals surface area contributed by atoms with E-state index in [1.54, 1.807) is 0 Å². The van der Waals surface area contributed by atoms with Crippen molar-refractivity contribution in [2.75, 3.05) is 13.2 Å². The Hall–Kier alpha value is -0.360. The largest absolute Gasteiger partial charge is 0.491 e. The van der Waals surface area contributed by atoms with E-state index in [1.807, 2.05) is 29.5 Å². The highest BCUT2D eigenvalue weighted by Gasteiger charge is 2.01. The van der Waals surface area contributed by atoms with Crippen LogP contribution in [-0.4, -0.2) is 13.2 Å². The second-order valence-corrected chi connectivity index (χ2v) is 7.25. The molecule has 1 aromatic carbocycles. The minimum Gasteiger partial charge on any atom is -0.491 e. The summed E-state index contributed by atoms with van der Waals surface area (Å²) in [6, 6.07) is 10.2. The fourth-order valence-corrected chi connectivity index (χ4v) is 3.64. The van der Waals surface area contributed by atoms with Crippen molar-refractivity contribution in [1.29, 1.82) is 0 Å². The van der Waals surface area contributed by atoms with Crippen molar-refractivity contribution in [2.45, 2.75) is 13.5 Å². The van der Waals surface area contributed by atoms with Crippen LogP contribution in [0.2, 0.25) is 0 Å². The van der Waals surface area contributed by atoms with Crippen LogP contribution in [0.3, 0.4) is 0 Å². The normalized spacial score (nSPS) is 10.7. The van der Waals surface area contributed by atoms with Crippen molar-refractivity contribution in [2.24, 2.45) is 0 Å². The van der Waals surface area contributed by atoms with Crippen molar-refractivity contribution in [3.63, 3.8) is 0 Å². The highest BCUT2D eigenvalue weighted by molar-refractivity contribution is 9.11. The van der Waals surface area contributed by atoms with Gasteiger partial charge in [-0.2, -0.15) is 0 Å². The van der Waals surface area contributed by atoms with Gasteiger partial charge in [-0.3, -0.25) is 0 Å². The Bertz CT molecular complexity index is 542. The van der Waals surface area contributed by atoms with Gasteiger partial charge >= 0.3 is 0 Å². The maximum absolute atomic E-state index is 5.71. The van der Waals surface area contributed by atoms with E-state index in [0.717, 1.165) is 27.8 Å². The van der Waals surface area contributed by atoms with Gasteiger partial charge in [0.05, 0.1) is 4.47 Å². The molecule has 1 aromatic heterocycles. The Morgan fingerprint density at radius 2 is 2.05 bits per heavy atom. The molecule has 2 nitrogen and oxygen atoms in total. The molecule has 0 spiro atoms. The van der Waals surface area contributed by atoms with Crippen molar-refractivity contribution in [3.05, 3.63) is 49.0 Å². The second kappa shape index (κ2) is 7.43. The molecule has 1 N–H and O–H groups in total. The maximum atomic E-state index is 5.71. The van der Waals surface area contributed by atoms with Crippen molar-refractivity contribution >= 4 is 43.2 Å². The summed E-state index contributed by atoms with van der Waals surface area (Å²) in [6.45, 7) is 4.52. The van der Waals surface area contributed by atoms with Crippen LogP contribution >= 0.6 is 43.2 Å². The fourth-order valence-electron chi connectivity index (χ4n) is 1.62. The molecule has 0 atom stereocenters. The zero-order valence-electron chi connectivity index (χ0n) is 10.6. The third-order valence-electron chi connectivity index (χ3n) is 2.53. The van der Waals surface area contributed by atoms with E-state index in [-0.39, 0.29) is 0 Å². The topological polar surface area (TPSA) is 21.3 Å². The van der Waals surface area contributed by atoms with Gasteiger partial charge in [0.15, 0.2) is 0 Å². The molecule has 2 rings (SSSR count). The summed E-state index contributed by atoms with van der Waals surface area (Å²) in [5.74, 6) is 0.872. The van der Waals surface area contributed by atoms with Gasteiger partial charge in [-0.25, -0.2) is 0 Å². The summed E-state index contributed by atoms with van der Waals surface area (Å²) < 4.78 is 7.72. The number of nitrogens with one attached hydrogen (secondary N) is 1. The first-order chi connectivity index (χ1) is 9.15. The third kappa shape index (κ3) is 4.91. The molecule has 0 aliphatic rings. The summed E-state index contributed by atoms with van der Waals surface area (Å²) >= 11 is 8.73. The molecule has 102 valence electrons. The van der Waals surface area contributed by atoms with E-state index < -0.39 is 0 Å². The van der Waals surface area contributed by atoms with E-state index in [0.29, 0.717) is 6.61 Å². The summed E-state index contributed by atoms with van der Waals surface area (Å²) in [5.41, 5.74) is 0. The number of benzene rings is 1. The molecule has 19 heavy (non-hydrogen) atoms. The Labute approximate surface area is 134 Å². The van der Waals surface area contributed by atoms with Crippen molar-refractivity contribution < 1.29 is 4.74 Å². The van der Waals surface area contributed by atoms with Crippen LogP contribution in [0.4, 0.5) is 0 Å². The average molecular weight is 405 g/mol. The van der Waals surface area contributed by atoms with Crippen LogP contribution in [0.1, 0.15) is 9.75 Å². The van der Waals surface area contributed by atoms with Crippen LogP contribution in [0.15, 0.2) is 39.3 Å². The molecule has 1 heterocycles. The molecule has 0 fully saturated rings. The maximum Gasteiger partial charge on any atom is 0.133 e. The van der Waals surface area contributed by atoms with E-state index in [1.165, 1.54) is 9.75 Å². The Morgan fingerprint density at radius 1 is 1.21 bits per heavy atom. The van der Waals surface area contributed by atoms with Crippen LogP contribution in [0.5, 0.6) is 5.75 Å². The predicted molar refractivity (Wildman–Crippen MR) is 88.1 cm³/mol. The Balaban J connectivity index is 1.69. The number of halogens is 2. The summed E-state index contributed by atoms with van der Waals surface area (Å²) in [6.07, 6.45) is 0.